The van der Waals surface area contributed by atoms with Gasteiger partial charge >= 0.3 is 0 Å². The van der Waals surface area contributed by atoms with Crippen molar-refractivity contribution in [3.05, 3.63) is 47.8 Å². The lowest BCUT2D eigenvalue weighted by Crippen LogP contribution is -2.13. The number of rotatable bonds is 3. The van der Waals surface area contributed by atoms with Crippen molar-refractivity contribution in [2.24, 2.45) is 0 Å². The molecule has 3 aromatic rings. The lowest BCUT2D eigenvalue weighted by Gasteiger charge is -2.06. The average Bonchev–Trinajstić information content (AvgIpc) is 2.90. The molecule has 8 heteroatoms. The van der Waals surface area contributed by atoms with Gasteiger partial charge in [0.2, 0.25) is 0 Å². The van der Waals surface area contributed by atoms with E-state index >= 15 is 0 Å². The number of halogens is 1. The zero-order chi connectivity index (χ0) is 14.2. The Morgan fingerprint density at radius 1 is 1.15 bits per heavy atom. The van der Waals surface area contributed by atoms with Gasteiger partial charge in [0.15, 0.2) is 5.82 Å². The molecule has 0 bridgehead atoms. The summed E-state index contributed by atoms with van der Waals surface area (Å²) in [4.78, 5) is 4.21. The van der Waals surface area contributed by atoms with Gasteiger partial charge in [0, 0.05) is 11.5 Å². The minimum atomic E-state index is -3.72. The normalized spacial score (nSPS) is 11.7. The summed E-state index contributed by atoms with van der Waals surface area (Å²) in [5.74, 6) is 0.124. The maximum atomic E-state index is 12.2. The molecule has 102 valence electrons. The number of hydrogen-bond donors (Lipinski definition) is 1. The standard InChI is InChI=1S/C12H8ClN3O3S/c13-11-4-1-8-7-9(2-3-10(8)14-11)20(17,18)16-12-5-6-19-15-12/h1-7H,(H,15,16). The van der Waals surface area contributed by atoms with Crippen molar-refractivity contribution in [1.29, 1.82) is 0 Å². The van der Waals surface area contributed by atoms with E-state index in [9.17, 15) is 8.42 Å². The Morgan fingerprint density at radius 3 is 2.75 bits per heavy atom. The molecule has 20 heavy (non-hydrogen) atoms. The summed E-state index contributed by atoms with van der Waals surface area (Å²) in [6, 6.07) is 9.29. The largest absolute Gasteiger partial charge is 0.363 e. The van der Waals surface area contributed by atoms with Crippen molar-refractivity contribution in [2.75, 3.05) is 4.72 Å². The Labute approximate surface area is 119 Å². The predicted octanol–water partition coefficient (Wildman–Crippen LogP) is 2.68. The van der Waals surface area contributed by atoms with E-state index in [1.165, 1.54) is 24.5 Å². The molecule has 0 spiro atoms. The van der Waals surface area contributed by atoms with Crippen molar-refractivity contribution in [2.45, 2.75) is 4.90 Å². The number of aromatic nitrogens is 2. The molecule has 0 saturated carbocycles. The molecular weight excluding hydrogens is 302 g/mol. The summed E-state index contributed by atoms with van der Waals surface area (Å²) >= 11 is 5.78. The molecular formula is C12H8ClN3O3S. The number of fused-ring (bicyclic) bond motifs is 1. The molecule has 0 aliphatic rings. The van der Waals surface area contributed by atoms with Crippen molar-refractivity contribution in [1.82, 2.24) is 10.1 Å². The molecule has 0 unspecified atom stereocenters. The molecule has 1 N–H and O–H groups in total. The molecule has 0 aliphatic heterocycles. The van der Waals surface area contributed by atoms with Crippen LogP contribution in [0.3, 0.4) is 0 Å². The third-order valence-electron chi connectivity index (χ3n) is 2.61. The Morgan fingerprint density at radius 2 is 2.00 bits per heavy atom. The number of benzene rings is 1. The smallest absolute Gasteiger partial charge is 0.263 e. The van der Waals surface area contributed by atoms with Gasteiger partial charge in [0.1, 0.15) is 11.4 Å². The van der Waals surface area contributed by atoms with Crippen LogP contribution in [0.1, 0.15) is 0 Å². The van der Waals surface area contributed by atoms with Crippen LogP contribution in [0.15, 0.2) is 52.1 Å². The number of sulfonamides is 1. The van der Waals surface area contributed by atoms with Gasteiger partial charge in [-0.05, 0) is 30.3 Å². The van der Waals surface area contributed by atoms with Crippen LogP contribution in [0.2, 0.25) is 5.15 Å². The highest BCUT2D eigenvalue weighted by Gasteiger charge is 2.16. The first-order valence-corrected chi connectivity index (χ1v) is 7.40. The predicted molar refractivity (Wildman–Crippen MR) is 74.1 cm³/mol. The third-order valence-corrected chi connectivity index (χ3v) is 4.18. The van der Waals surface area contributed by atoms with E-state index in [1.807, 2.05) is 0 Å². The van der Waals surface area contributed by atoms with Gasteiger partial charge in [-0.2, -0.15) is 0 Å². The Hall–Kier alpha value is -2.12. The van der Waals surface area contributed by atoms with E-state index in [0.717, 1.165) is 0 Å². The van der Waals surface area contributed by atoms with Crippen molar-refractivity contribution < 1.29 is 12.9 Å². The van der Waals surface area contributed by atoms with Crippen molar-refractivity contribution in [3.63, 3.8) is 0 Å². The first kappa shape index (κ1) is 12.9. The van der Waals surface area contributed by atoms with Crippen LogP contribution in [0.4, 0.5) is 5.82 Å². The Bertz CT molecular complexity index is 863. The second-order valence-corrected chi connectivity index (χ2v) is 6.05. The van der Waals surface area contributed by atoms with Gasteiger partial charge < -0.3 is 4.52 Å². The van der Waals surface area contributed by atoms with E-state index in [2.05, 4.69) is 19.4 Å². The summed E-state index contributed by atoms with van der Waals surface area (Å²) in [6.07, 6.45) is 1.28. The first-order valence-electron chi connectivity index (χ1n) is 5.54. The first-order chi connectivity index (χ1) is 9.54. The van der Waals surface area contributed by atoms with E-state index in [-0.39, 0.29) is 10.7 Å². The number of hydrogen-bond acceptors (Lipinski definition) is 5. The zero-order valence-corrected chi connectivity index (χ0v) is 11.5. The van der Waals surface area contributed by atoms with Gasteiger partial charge in [-0.15, -0.1) is 0 Å². The van der Waals surface area contributed by atoms with Crippen LogP contribution in [0.25, 0.3) is 10.9 Å². The Kier molecular flexibility index (Phi) is 3.07. The van der Waals surface area contributed by atoms with Crippen LogP contribution >= 0.6 is 11.6 Å². The minimum absolute atomic E-state index is 0.108. The van der Waals surface area contributed by atoms with E-state index in [0.29, 0.717) is 16.1 Å². The number of nitrogens with zero attached hydrogens (tertiary/aromatic N) is 2. The maximum absolute atomic E-state index is 12.2. The summed E-state index contributed by atoms with van der Waals surface area (Å²) in [6.45, 7) is 0. The zero-order valence-electron chi connectivity index (χ0n) is 9.95. The third kappa shape index (κ3) is 2.45. The summed E-state index contributed by atoms with van der Waals surface area (Å²) < 4.78 is 31.2. The summed E-state index contributed by atoms with van der Waals surface area (Å²) in [7, 11) is -3.72. The van der Waals surface area contributed by atoms with Gasteiger partial charge in [0.25, 0.3) is 10.0 Å². The van der Waals surface area contributed by atoms with E-state index in [4.69, 9.17) is 11.6 Å². The SMILES string of the molecule is O=S(=O)(Nc1ccon1)c1ccc2nc(Cl)ccc2c1. The number of nitrogens with one attached hydrogen (secondary N) is 1. The Balaban J connectivity index is 2.03. The fourth-order valence-electron chi connectivity index (χ4n) is 1.71. The lowest BCUT2D eigenvalue weighted by molar-refractivity contribution is 0.423. The summed E-state index contributed by atoms with van der Waals surface area (Å²) in [5, 5.41) is 4.54. The monoisotopic (exact) mass is 309 g/mol. The van der Waals surface area contributed by atoms with Crippen molar-refractivity contribution >= 4 is 38.3 Å². The van der Waals surface area contributed by atoms with Crippen LogP contribution < -0.4 is 4.72 Å². The molecule has 0 atom stereocenters. The second-order valence-electron chi connectivity index (χ2n) is 3.98. The molecule has 0 radical (unpaired) electrons. The van der Waals surface area contributed by atoms with Crippen molar-refractivity contribution in [3.8, 4) is 0 Å². The molecule has 0 fully saturated rings. The van der Waals surface area contributed by atoms with Crippen LogP contribution in [0, 0.1) is 0 Å². The molecule has 2 aromatic heterocycles. The highest BCUT2D eigenvalue weighted by Crippen LogP contribution is 2.21. The molecule has 2 heterocycles. The molecule has 1 aromatic carbocycles. The van der Waals surface area contributed by atoms with Gasteiger partial charge in [-0.3, -0.25) is 4.72 Å². The topological polar surface area (TPSA) is 85.1 Å². The molecule has 0 saturated heterocycles. The molecule has 6 nitrogen and oxygen atoms in total. The van der Waals surface area contributed by atoms with Gasteiger partial charge in [-0.25, -0.2) is 13.4 Å². The minimum Gasteiger partial charge on any atom is -0.363 e. The fourth-order valence-corrected chi connectivity index (χ4v) is 2.89. The number of pyridine rings is 1. The van der Waals surface area contributed by atoms with E-state index in [1.54, 1.807) is 18.2 Å². The van der Waals surface area contributed by atoms with Crippen LogP contribution in [-0.4, -0.2) is 18.6 Å². The van der Waals surface area contributed by atoms with Crippen LogP contribution in [0.5, 0.6) is 0 Å². The molecule has 3 rings (SSSR count). The molecule has 0 amide bonds. The lowest BCUT2D eigenvalue weighted by atomic mass is 10.2. The quantitative estimate of drug-likeness (QED) is 0.752. The second kappa shape index (κ2) is 4.77. The highest BCUT2D eigenvalue weighted by atomic mass is 35.5. The molecule has 0 aliphatic carbocycles. The highest BCUT2D eigenvalue weighted by molar-refractivity contribution is 7.92. The van der Waals surface area contributed by atoms with E-state index < -0.39 is 10.0 Å². The van der Waals surface area contributed by atoms with Gasteiger partial charge in [-0.1, -0.05) is 16.8 Å². The fraction of sp³-hybridized carbons (Fsp3) is 0. The van der Waals surface area contributed by atoms with Gasteiger partial charge in [0.05, 0.1) is 10.4 Å². The number of anilines is 1. The van der Waals surface area contributed by atoms with Crippen LogP contribution in [-0.2, 0) is 10.0 Å². The maximum Gasteiger partial charge on any atom is 0.263 e. The average molecular weight is 310 g/mol. The summed E-state index contributed by atoms with van der Waals surface area (Å²) in [5.41, 5.74) is 0.623.